The van der Waals surface area contributed by atoms with E-state index in [1.165, 1.54) is 18.9 Å². The monoisotopic (exact) mass is 237 g/mol. The van der Waals surface area contributed by atoms with Crippen LogP contribution in [0.3, 0.4) is 0 Å². The molecule has 1 aliphatic rings. The largest absolute Gasteiger partial charge is 0.475 e. The molecule has 1 fully saturated rings. The lowest BCUT2D eigenvalue weighted by Gasteiger charge is -2.37. The van der Waals surface area contributed by atoms with E-state index < -0.39 is 5.97 Å². The van der Waals surface area contributed by atoms with Crippen LogP contribution in [-0.2, 0) is 6.54 Å². The van der Waals surface area contributed by atoms with E-state index in [2.05, 4.69) is 18.7 Å². The number of carboxylic acid groups (broad SMARTS) is 1. The minimum Gasteiger partial charge on any atom is -0.475 e. The number of furan rings is 1. The van der Waals surface area contributed by atoms with Crippen LogP contribution >= 0.6 is 0 Å². The van der Waals surface area contributed by atoms with Gasteiger partial charge in [0, 0.05) is 6.54 Å². The molecule has 4 nitrogen and oxygen atoms in total. The average molecular weight is 237 g/mol. The van der Waals surface area contributed by atoms with E-state index in [4.69, 9.17) is 9.52 Å². The first kappa shape index (κ1) is 12.2. The summed E-state index contributed by atoms with van der Waals surface area (Å²) in [6.07, 6.45) is 2.45. The maximum atomic E-state index is 10.7. The van der Waals surface area contributed by atoms with Crippen LogP contribution in [-0.4, -0.2) is 29.1 Å². The van der Waals surface area contributed by atoms with Crippen molar-refractivity contribution in [3.63, 3.8) is 0 Å². The van der Waals surface area contributed by atoms with E-state index in [-0.39, 0.29) is 5.76 Å². The van der Waals surface area contributed by atoms with Crippen LogP contribution < -0.4 is 0 Å². The molecule has 2 rings (SSSR count). The number of hydrogen-bond donors (Lipinski definition) is 1. The van der Waals surface area contributed by atoms with Crippen molar-refractivity contribution in [3.05, 3.63) is 23.7 Å². The van der Waals surface area contributed by atoms with Gasteiger partial charge in [0.05, 0.1) is 6.54 Å². The molecular formula is C13H19NO3. The van der Waals surface area contributed by atoms with Crippen molar-refractivity contribution < 1.29 is 14.3 Å². The number of carbonyl (C=O) groups is 1. The third-order valence-corrected chi connectivity index (χ3v) is 3.23. The lowest BCUT2D eigenvalue weighted by atomic mass is 9.84. The average Bonchev–Trinajstić information content (AvgIpc) is 2.64. The van der Waals surface area contributed by atoms with Gasteiger partial charge in [0.15, 0.2) is 0 Å². The molecule has 1 saturated heterocycles. The summed E-state index contributed by atoms with van der Waals surface area (Å²) in [6, 6.07) is 3.28. The van der Waals surface area contributed by atoms with Crippen molar-refractivity contribution in [1.82, 2.24) is 4.90 Å². The molecule has 17 heavy (non-hydrogen) atoms. The van der Waals surface area contributed by atoms with Crippen molar-refractivity contribution >= 4 is 5.97 Å². The van der Waals surface area contributed by atoms with Gasteiger partial charge in [-0.1, -0.05) is 13.8 Å². The molecule has 0 aliphatic carbocycles. The molecule has 94 valence electrons. The predicted molar refractivity (Wildman–Crippen MR) is 64.0 cm³/mol. The molecule has 1 aliphatic heterocycles. The molecule has 0 saturated carbocycles. The Bertz CT molecular complexity index is 409. The molecule has 4 heteroatoms. The molecule has 0 aromatic carbocycles. The summed E-state index contributed by atoms with van der Waals surface area (Å²) in [4.78, 5) is 13.0. The summed E-state index contributed by atoms with van der Waals surface area (Å²) < 4.78 is 5.27. The molecule has 0 bridgehead atoms. The highest BCUT2D eigenvalue weighted by Crippen LogP contribution is 2.29. The third-order valence-electron chi connectivity index (χ3n) is 3.23. The summed E-state index contributed by atoms with van der Waals surface area (Å²) >= 11 is 0. The molecule has 1 aromatic heterocycles. The van der Waals surface area contributed by atoms with E-state index in [0.717, 1.165) is 18.8 Å². The summed E-state index contributed by atoms with van der Waals surface area (Å²) in [5.74, 6) is -0.244. The summed E-state index contributed by atoms with van der Waals surface area (Å²) in [7, 11) is 0. The van der Waals surface area contributed by atoms with E-state index in [1.807, 2.05) is 0 Å². The Kier molecular flexibility index (Phi) is 3.24. The molecule has 0 unspecified atom stereocenters. The first-order chi connectivity index (χ1) is 7.96. The predicted octanol–water partition coefficient (Wildman–Crippen LogP) is 2.60. The second-order valence-electron chi connectivity index (χ2n) is 5.55. The summed E-state index contributed by atoms with van der Waals surface area (Å²) in [5.41, 5.74) is 0.348. The van der Waals surface area contributed by atoms with Crippen molar-refractivity contribution in [2.45, 2.75) is 33.2 Å². The zero-order valence-electron chi connectivity index (χ0n) is 10.4. The van der Waals surface area contributed by atoms with Gasteiger partial charge >= 0.3 is 5.97 Å². The van der Waals surface area contributed by atoms with Gasteiger partial charge in [-0.15, -0.1) is 0 Å². The SMILES string of the molecule is CC1(C)CCCN(Cc2ccc(C(=O)O)o2)C1. The zero-order valence-corrected chi connectivity index (χ0v) is 10.4. The van der Waals surface area contributed by atoms with E-state index >= 15 is 0 Å². The minimum absolute atomic E-state index is 0.0243. The number of hydrogen-bond acceptors (Lipinski definition) is 3. The number of rotatable bonds is 3. The zero-order chi connectivity index (χ0) is 12.5. The number of nitrogens with zero attached hydrogens (tertiary/aromatic N) is 1. The van der Waals surface area contributed by atoms with Gasteiger partial charge in [-0.25, -0.2) is 4.79 Å². The van der Waals surface area contributed by atoms with E-state index in [0.29, 0.717) is 12.0 Å². The molecule has 1 N–H and O–H groups in total. The Labute approximate surface area is 101 Å². The number of likely N-dealkylation sites (tertiary alicyclic amines) is 1. The van der Waals surface area contributed by atoms with Gasteiger partial charge in [-0.05, 0) is 36.9 Å². The lowest BCUT2D eigenvalue weighted by Crippen LogP contribution is -2.39. The summed E-state index contributed by atoms with van der Waals surface area (Å²) in [5, 5.41) is 8.78. The molecule has 0 radical (unpaired) electrons. The van der Waals surface area contributed by atoms with Gasteiger partial charge in [0.2, 0.25) is 5.76 Å². The first-order valence-electron chi connectivity index (χ1n) is 6.01. The number of piperidine rings is 1. The van der Waals surface area contributed by atoms with Crippen molar-refractivity contribution in [2.75, 3.05) is 13.1 Å². The maximum absolute atomic E-state index is 10.7. The third kappa shape index (κ3) is 3.09. The Hall–Kier alpha value is -1.29. The second kappa shape index (κ2) is 4.53. The minimum atomic E-state index is -1.00. The highest BCUT2D eigenvalue weighted by Gasteiger charge is 2.26. The van der Waals surface area contributed by atoms with E-state index in [9.17, 15) is 4.79 Å². The highest BCUT2D eigenvalue weighted by atomic mass is 16.4. The fourth-order valence-corrected chi connectivity index (χ4v) is 2.48. The van der Waals surface area contributed by atoms with Crippen molar-refractivity contribution in [1.29, 1.82) is 0 Å². The van der Waals surface area contributed by atoms with Crippen molar-refractivity contribution in [3.8, 4) is 0 Å². The van der Waals surface area contributed by atoms with Gasteiger partial charge in [0.1, 0.15) is 5.76 Å². The van der Waals surface area contributed by atoms with Gasteiger partial charge < -0.3 is 9.52 Å². The first-order valence-corrected chi connectivity index (χ1v) is 6.01. The van der Waals surface area contributed by atoms with Crippen LogP contribution in [0, 0.1) is 5.41 Å². The number of aromatic carboxylic acids is 1. The Morgan fingerprint density at radius 3 is 2.88 bits per heavy atom. The van der Waals surface area contributed by atoms with Crippen LogP contribution in [0.25, 0.3) is 0 Å². The van der Waals surface area contributed by atoms with Crippen LogP contribution in [0.1, 0.15) is 43.0 Å². The van der Waals surface area contributed by atoms with Crippen LogP contribution in [0.15, 0.2) is 16.5 Å². The number of carboxylic acids is 1. The molecule has 0 spiro atoms. The molecule has 0 atom stereocenters. The van der Waals surface area contributed by atoms with Gasteiger partial charge in [-0.2, -0.15) is 0 Å². The molecule has 1 aromatic rings. The quantitative estimate of drug-likeness (QED) is 0.878. The standard InChI is InChI=1S/C13H19NO3/c1-13(2)6-3-7-14(9-13)8-10-4-5-11(17-10)12(15)16/h4-5H,3,6-9H2,1-2H3,(H,15,16). The topological polar surface area (TPSA) is 53.7 Å². The fraction of sp³-hybridized carbons (Fsp3) is 0.615. The van der Waals surface area contributed by atoms with Crippen molar-refractivity contribution in [2.24, 2.45) is 5.41 Å². The van der Waals surface area contributed by atoms with Crippen LogP contribution in [0.4, 0.5) is 0 Å². The Morgan fingerprint density at radius 1 is 1.53 bits per heavy atom. The normalized spacial score (nSPS) is 20.4. The summed E-state index contributed by atoms with van der Waals surface area (Å²) in [6.45, 7) is 7.34. The maximum Gasteiger partial charge on any atom is 0.371 e. The molecule has 0 amide bonds. The molecule has 2 heterocycles. The Morgan fingerprint density at radius 2 is 2.29 bits per heavy atom. The lowest BCUT2D eigenvalue weighted by molar-refractivity contribution is 0.0652. The van der Waals surface area contributed by atoms with Gasteiger partial charge in [-0.3, -0.25) is 4.90 Å². The smallest absolute Gasteiger partial charge is 0.371 e. The molecular weight excluding hydrogens is 218 g/mol. The Balaban J connectivity index is 1.98. The van der Waals surface area contributed by atoms with E-state index in [1.54, 1.807) is 6.07 Å². The second-order valence-corrected chi connectivity index (χ2v) is 5.55. The van der Waals surface area contributed by atoms with Crippen LogP contribution in [0.5, 0.6) is 0 Å². The highest BCUT2D eigenvalue weighted by molar-refractivity contribution is 5.84. The fourth-order valence-electron chi connectivity index (χ4n) is 2.48. The van der Waals surface area contributed by atoms with Crippen LogP contribution in [0.2, 0.25) is 0 Å². The van der Waals surface area contributed by atoms with Gasteiger partial charge in [0.25, 0.3) is 0 Å².